The molecule has 1 aromatic heterocycles. The number of amides is 1. The highest BCUT2D eigenvalue weighted by atomic mass is 32.2. The molecule has 108 valence electrons. The summed E-state index contributed by atoms with van der Waals surface area (Å²) < 4.78 is 4.90. The van der Waals surface area contributed by atoms with E-state index in [-0.39, 0.29) is 11.7 Å². The fourth-order valence-electron chi connectivity index (χ4n) is 1.27. The second-order valence-corrected chi connectivity index (χ2v) is 5.77. The molecule has 0 aliphatic rings. The molecule has 0 radical (unpaired) electrons. The Labute approximate surface area is 125 Å². The van der Waals surface area contributed by atoms with Gasteiger partial charge in [0.25, 0.3) is 0 Å². The van der Waals surface area contributed by atoms with Crippen molar-refractivity contribution in [1.29, 1.82) is 5.26 Å². The molecule has 0 atom stereocenters. The van der Waals surface area contributed by atoms with E-state index in [4.69, 9.17) is 10.00 Å². The van der Waals surface area contributed by atoms with Crippen molar-refractivity contribution in [3.8, 4) is 6.07 Å². The summed E-state index contributed by atoms with van der Waals surface area (Å²) in [6, 6.07) is 2.01. The van der Waals surface area contributed by atoms with Gasteiger partial charge in [0.1, 0.15) is 4.88 Å². The van der Waals surface area contributed by atoms with Crippen LogP contribution in [0.2, 0.25) is 0 Å². The van der Waals surface area contributed by atoms with Crippen LogP contribution in [0.15, 0.2) is 0 Å². The quantitative estimate of drug-likeness (QED) is 0.613. The molecular formula is C12H15N3O3S2. The van der Waals surface area contributed by atoms with Crippen molar-refractivity contribution in [2.45, 2.75) is 20.3 Å². The van der Waals surface area contributed by atoms with Gasteiger partial charge in [0, 0.05) is 12.2 Å². The Morgan fingerprint density at radius 3 is 2.95 bits per heavy atom. The lowest BCUT2D eigenvalue weighted by atomic mass is 10.4. The topological polar surface area (TPSA) is 92.1 Å². The van der Waals surface area contributed by atoms with Crippen LogP contribution in [-0.4, -0.2) is 35.0 Å². The SMILES string of the molecule is CCOC(=O)c1sc(NC(=O)CSCCC#N)nc1C. The molecule has 20 heavy (non-hydrogen) atoms. The number of nitriles is 1. The zero-order chi connectivity index (χ0) is 15.0. The minimum atomic E-state index is -0.425. The van der Waals surface area contributed by atoms with Gasteiger partial charge in [-0.25, -0.2) is 9.78 Å². The molecule has 1 rings (SSSR count). The fourth-order valence-corrected chi connectivity index (χ4v) is 2.79. The highest BCUT2D eigenvalue weighted by Crippen LogP contribution is 2.23. The molecule has 0 saturated carbocycles. The Bertz CT molecular complexity index is 523. The van der Waals surface area contributed by atoms with E-state index < -0.39 is 5.97 Å². The van der Waals surface area contributed by atoms with Gasteiger partial charge >= 0.3 is 5.97 Å². The van der Waals surface area contributed by atoms with Crippen molar-refractivity contribution in [3.05, 3.63) is 10.6 Å². The summed E-state index contributed by atoms with van der Waals surface area (Å²) in [4.78, 5) is 27.8. The molecule has 1 amide bonds. The number of carbonyl (C=O) groups excluding carboxylic acids is 2. The summed E-state index contributed by atoms with van der Waals surface area (Å²) in [5.74, 6) is 0.257. The van der Waals surface area contributed by atoms with Crippen molar-refractivity contribution in [2.24, 2.45) is 0 Å². The van der Waals surface area contributed by atoms with Crippen molar-refractivity contribution in [1.82, 2.24) is 4.98 Å². The van der Waals surface area contributed by atoms with E-state index in [1.807, 2.05) is 6.07 Å². The number of thiazole rings is 1. The zero-order valence-corrected chi connectivity index (χ0v) is 12.9. The Balaban J connectivity index is 2.52. The van der Waals surface area contributed by atoms with Crippen LogP contribution < -0.4 is 5.32 Å². The van der Waals surface area contributed by atoms with E-state index in [1.54, 1.807) is 13.8 Å². The number of nitrogens with zero attached hydrogens (tertiary/aromatic N) is 2. The van der Waals surface area contributed by atoms with Gasteiger partial charge in [-0.05, 0) is 13.8 Å². The summed E-state index contributed by atoms with van der Waals surface area (Å²) >= 11 is 2.48. The Hall–Kier alpha value is -1.59. The summed E-state index contributed by atoms with van der Waals surface area (Å²) in [6.07, 6.45) is 0.418. The number of anilines is 1. The first-order valence-corrected chi connectivity index (χ1v) is 7.94. The van der Waals surface area contributed by atoms with E-state index >= 15 is 0 Å². The number of thioether (sulfide) groups is 1. The monoisotopic (exact) mass is 313 g/mol. The lowest BCUT2D eigenvalue weighted by Gasteiger charge is -2.00. The molecule has 1 aromatic rings. The Morgan fingerprint density at radius 1 is 1.55 bits per heavy atom. The molecular weight excluding hydrogens is 298 g/mol. The van der Waals surface area contributed by atoms with E-state index in [9.17, 15) is 9.59 Å². The maximum atomic E-state index is 11.6. The first-order chi connectivity index (χ1) is 9.58. The van der Waals surface area contributed by atoms with Crippen LogP contribution in [0.5, 0.6) is 0 Å². The summed E-state index contributed by atoms with van der Waals surface area (Å²) in [6.45, 7) is 3.73. The lowest BCUT2D eigenvalue weighted by molar-refractivity contribution is -0.113. The predicted octanol–water partition coefficient (Wildman–Crippen LogP) is 2.21. The third-order valence-electron chi connectivity index (χ3n) is 2.10. The van der Waals surface area contributed by atoms with Gasteiger partial charge in [-0.1, -0.05) is 11.3 Å². The van der Waals surface area contributed by atoms with Gasteiger partial charge < -0.3 is 10.1 Å². The second kappa shape index (κ2) is 8.55. The van der Waals surface area contributed by atoms with Crippen LogP contribution in [0.25, 0.3) is 0 Å². The number of aryl methyl sites for hydroxylation is 1. The molecule has 1 heterocycles. The van der Waals surface area contributed by atoms with E-state index in [2.05, 4.69) is 10.3 Å². The van der Waals surface area contributed by atoms with Crippen molar-refractivity contribution < 1.29 is 14.3 Å². The van der Waals surface area contributed by atoms with Crippen LogP contribution in [0.1, 0.15) is 28.7 Å². The fraction of sp³-hybridized carbons (Fsp3) is 0.500. The van der Waals surface area contributed by atoms with Crippen LogP contribution in [0.3, 0.4) is 0 Å². The maximum Gasteiger partial charge on any atom is 0.350 e. The van der Waals surface area contributed by atoms with Crippen molar-refractivity contribution in [3.63, 3.8) is 0 Å². The van der Waals surface area contributed by atoms with Gasteiger partial charge in [0.2, 0.25) is 5.91 Å². The van der Waals surface area contributed by atoms with E-state index in [0.717, 1.165) is 11.3 Å². The molecule has 0 aromatic carbocycles. The smallest absolute Gasteiger partial charge is 0.350 e. The van der Waals surface area contributed by atoms with Crippen molar-refractivity contribution in [2.75, 3.05) is 23.4 Å². The molecule has 0 bridgehead atoms. The third kappa shape index (κ3) is 5.19. The third-order valence-corrected chi connectivity index (χ3v) is 4.11. The maximum absolute atomic E-state index is 11.6. The number of ether oxygens (including phenoxy) is 1. The molecule has 1 N–H and O–H groups in total. The highest BCUT2D eigenvalue weighted by molar-refractivity contribution is 7.99. The molecule has 0 unspecified atom stereocenters. The molecule has 0 aliphatic heterocycles. The van der Waals surface area contributed by atoms with Gasteiger partial charge in [-0.2, -0.15) is 17.0 Å². The van der Waals surface area contributed by atoms with Gasteiger partial charge in [-0.3, -0.25) is 4.79 Å². The largest absolute Gasteiger partial charge is 0.462 e. The molecule has 8 heteroatoms. The Kier molecular flexibility index (Phi) is 7.04. The molecule has 0 fully saturated rings. The Morgan fingerprint density at radius 2 is 2.30 bits per heavy atom. The molecule has 0 spiro atoms. The van der Waals surface area contributed by atoms with Crippen LogP contribution in [-0.2, 0) is 9.53 Å². The number of nitrogens with one attached hydrogen (secondary N) is 1. The van der Waals surface area contributed by atoms with Crippen LogP contribution >= 0.6 is 23.1 Å². The summed E-state index contributed by atoms with van der Waals surface area (Å²) in [5.41, 5.74) is 0.542. The molecule has 0 saturated heterocycles. The van der Waals surface area contributed by atoms with Gasteiger partial charge in [0.05, 0.1) is 24.1 Å². The van der Waals surface area contributed by atoms with Gasteiger partial charge in [0.15, 0.2) is 5.13 Å². The number of hydrogen-bond donors (Lipinski definition) is 1. The highest BCUT2D eigenvalue weighted by Gasteiger charge is 2.17. The number of esters is 1. The zero-order valence-electron chi connectivity index (χ0n) is 11.3. The molecule has 0 aliphatic carbocycles. The van der Waals surface area contributed by atoms with Crippen LogP contribution in [0.4, 0.5) is 5.13 Å². The minimum Gasteiger partial charge on any atom is -0.462 e. The summed E-state index contributed by atoms with van der Waals surface area (Å²) in [7, 11) is 0. The number of aromatic nitrogens is 1. The lowest BCUT2D eigenvalue weighted by Crippen LogP contribution is -2.14. The van der Waals surface area contributed by atoms with Crippen molar-refractivity contribution >= 4 is 40.1 Å². The second-order valence-electron chi connectivity index (χ2n) is 3.66. The number of rotatable bonds is 7. The number of hydrogen-bond acceptors (Lipinski definition) is 7. The van der Waals surface area contributed by atoms with Gasteiger partial charge in [-0.15, -0.1) is 0 Å². The van der Waals surface area contributed by atoms with E-state index in [1.165, 1.54) is 11.8 Å². The van der Waals surface area contributed by atoms with E-state index in [0.29, 0.717) is 34.5 Å². The average molecular weight is 313 g/mol. The van der Waals surface area contributed by atoms with Crippen LogP contribution in [0, 0.1) is 18.3 Å². The average Bonchev–Trinajstić information content (AvgIpc) is 2.76. The molecule has 6 nitrogen and oxygen atoms in total. The number of carbonyl (C=O) groups is 2. The normalized spacial score (nSPS) is 9.85. The standard InChI is InChI=1S/C12H15N3O3S2/c1-3-18-11(17)10-8(2)14-12(20-10)15-9(16)7-19-6-4-5-13/h3-4,6-7H2,1-2H3,(H,14,15,16). The minimum absolute atomic E-state index is 0.197. The first-order valence-electron chi connectivity index (χ1n) is 5.97. The predicted molar refractivity (Wildman–Crippen MR) is 79.0 cm³/mol. The summed E-state index contributed by atoms with van der Waals surface area (Å²) in [5, 5.41) is 11.4. The first kappa shape index (κ1) is 16.5.